The predicted molar refractivity (Wildman–Crippen MR) is 74.5 cm³/mol. The Morgan fingerprint density at radius 3 is 2.56 bits per heavy atom. The number of rotatable bonds is 5. The minimum absolute atomic E-state index is 0.0874. The Hall–Kier alpha value is -1.51. The third kappa shape index (κ3) is 4.40. The molecule has 0 saturated heterocycles. The summed E-state index contributed by atoms with van der Waals surface area (Å²) in [5, 5.41) is 6.14. The molecule has 1 fully saturated rings. The predicted octanol–water partition coefficient (Wildman–Crippen LogP) is 2.80. The Bertz CT molecular complexity index is 358. The van der Waals surface area contributed by atoms with E-state index in [1.165, 1.54) is 32.1 Å². The van der Waals surface area contributed by atoms with Crippen molar-refractivity contribution in [3.05, 3.63) is 30.3 Å². The lowest BCUT2D eigenvalue weighted by Crippen LogP contribution is -2.34. The van der Waals surface area contributed by atoms with Crippen LogP contribution in [-0.4, -0.2) is 19.0 Å². The van der Waals surface area contributed by atoms with Crippen LogP contribution in [0.2, 0.25) is 0 Å². The van der Waals surface area contributed by atoms with Crippen molar-refractivity contribution < 1.29 is 4.79 Å². The minimum atomic E-state index is 0.0874. The summed E-state index contributed by atoms with van der Waals surface area (Å²) in [6.45, 7) is 1.20. The fraction of sp³-hybridized carbons (Fsp3) is 0.533. The molecule has 1 aliphatic rings. The van der Waals surface area contributed by atoms with Gasteiger partial charge in [0.05, 0.1) is 6.54 Å². The van der Waals surface area contributed by atoms with Crippen LogP contribution in [0, 0.1) is 5.92 Å². The number of anilines is 1. The van der Waals surface area contributed by atoms with Crippen molar-refractivity contribution in [3.63, 3.8) is 0 Å². The maximum absolute atomic E-state index is 11.7. The first-order chi connectivity index (χ1) is 8.84. The molecule has 2 N–H and O–H groups in total. The summed E-state index contributed by atoms with van der Waals surface area (Å²) in [7, 11) is 0. The number of amides is 1. The second-order valence-electron chi connectivity index (χ2n) is 5.03. The highest BCUT2D eigenvalue weighted by molar-refractivity contribution is 5.80. The van der Waals surface area contributed by atoms with Crippen molar-refractivity contribution in [1.82, 2.24) is 5.32 Å². The van der Waals surface area contributed by atoms with Crippen LogP contribution in [-0.2, 0) is 4.79 Å². The Kier molecular flexibility index (Phi) is 5.06. The topological polar surface area (TPSA) is 41.1 Å². The van der Waals surface area contributed by atoms with Crippen LogP contribution in [0.5, 0.6) is 0 Å². The summed E-state index contributed by atoms with van der Waals surface area (Å²) in [5.41, 5.74) is 0.991. The summed E-state index contributed by atoms with van der Waals surface area (Å²) >= 11 is 0. The van der Waals surface area contributed by atoms with Gasteiger partial charge in [0.2, 0.25) is 5.91 Å². The molecule has 98 valence electrons. The van der Waals surface area contributed by atoms with E-state index >= 15 is 0 Å². The SMILES string of the molecule is O=C(CNc1ccccc1)NCC1CCCCC1. The molecule has 1 amide bonds. The van der Waals surface area contributed by atoms with E-state index in [9.17, 15) is 4.79 Å². The van der Waals surface area contributed by atoms with Gasteiger partial charge in [0.25, 0.3) is 0 Å². The number of carbonyl (C=O) groups is 1. The van der Waals surface area contributed by atoms with Crippen LogP contribution in [0.25, 0.3) is 0 Å². The van der Waals surface area contributed by atoms with Crippen LogP contribution >= 0.6 is 0 Å². The van der Waals surface area contributed by atoms with E-state index in [1.807, 2.05) is 30.3 Å². The number of carbonyl (C=O) groups excluding carboxylic acids is 1. The maximum Gasteiger partial charge on any atom is 0.239 e. The second kappa shape index (κ2) is 7.04. The molecule has 0 heterocycles. The molecule has 0 radical (unpaired) electrons. The van der Waals surface area contributed by atoms with E-state index in [4.69, 9.17) is 0 Å². The lowest BCUT2D eigenvalue weighted by atomic mass is 9.89. The highest BCUT2D eigenvalue weighted by Gasteiger charge is 2.13. The summed E-state index contributed by atoms with van der Waals surface area (Å²) in [4.78, 5) is 11.7. The molecule has 1 aromatic rings. The molecule has 0 aliphatic heterocycles. The van der Waals surface area contributed by atoms with E-state index in [2.05, 4.69) is 10.6 Å². The molecule has 0 spiro atoms. The standard InChI is InChI=1S/C15H22N2O/c18-15(12-16-14-9-5-2-6-10-14)17-11-13-7-3-1-4-8-13/h2,5-6,9-10,13,16H,1,3-4,7-8,11-12H2,(H,17,18). The monoisotopic (exact) mass is 246 g/mol. The number of para-hydroxylation sites is 1. The zero-order chi connectivity index (χ0) is 12.6. The van der Waals surface area contributed by atoms with E-state index in [1.54, 1.807) is 0 Å². The summed E-state index contributed by atoms with van der Waals surface area (Å²) in [6.07, 6.45) is 6.55. The maximum atomic E-state index is 11.7. The smallest absolute Gasteiger partial charge is 0.239 e. The minimum Gasteiger partial charge on any atom is -0.376 e. The van der Waals surface area contributed by atoms with Gasteiger partial charge in [0.1, 0.15) is 0 Å². The molecular formula is C15H22N2O. The molecule has 3 nitrogen and oxygen atoms in total. The quantitative estimate of drug-likeness (QED) is 0.838. The van der Waals surface area contributed by atoms with Gasteiger partial charge < -0.3 is 10.6 Å². The van der Waals surface area contributed by atoms with Crippen molar-refractivity contribution in [2.45, 2.75) is 32.1 Å². The largest absolute Gasteiger partial charge is 0.376 e. The number of hydrogen-bond donors (Lipinski definition) is 2. The average molecular weight is 246 g/mol. The summed E-state index contributed by atoms with van der Waals surface area (Å²) < 4.78 is 0. The zero-order valence-electron chi connectivity index (χ0n) is 10.8. The van der Waals surface area contributed by atoms with Gasteiger partial charge in [-0.15, -0.1) is 0 Å². The van der Waals surface area contributed by atoms with Crippen LogP contribution < -0.4 is 10.6 Å². The molecule has 18 heavy (non-hydrogen) atoms. The number of benzene rings is 1. The fourth-order valence-corrected chi connectivity index (χ4v) is 2.45. The first-order valence-electron chi connectivity index (χ1n) is 6.90. The Morgan fingerprint density at radius 1 is 1.11 bits per heavy atom. The van der Waals surface area contributed by atoms with Gasteiger partial charge in [-0.2, -0.15) is 0 Å². The van der Waals surface area contributed by atoms with Gasteiger partial charge in [0.15, 0.2) is 0 Å². The van der Waals surface area contributed by atoms with Crippen LogP contribution in [0.15, 0.2) is 30.3 Å². The van der Waals surface area contributed by atoms with E-state index in [-0.39, 0.29) is 5.91 Å². The van der Waals surface area contributed by atoms with Gasteiger partial charge in [-0.25, -0.2) is 0 Å². The highest BCUT2D eigenvalue weighted by atomic mass is 16.1. The van der Waals surface area contributed by atoms with Crippen LogP contribution in [0.1, 0.15) is 32.1 Å². The molecule has 2 rings (SSSR count). The number of nitrogens with one attached hydrogen (secondary N) is 2. The molecule has 3 heteroatoms. The van der Waals surface area contributed by atoms with E-state index in [0.29, 0.717) is 12.5 Å². The number of hydrogen-bond acceptors (Lipinski definition) is 2. The lowest BCUT2D eigenvalue weighted by molar-refractivity contribution is -0.119. The van der Waals surface area contributed by atoms with Crippen molar-refractivity contribution in [2.24, 2.45) is 5.92 Å². The normalized spacial score (nSPS) is 16.2. The lowest BCUT2D eigenvalue weighted by Gasteiger charge is -2.21. The van der Waals surface area contributed by atoms with Gasteiger partial charge >= 0.3 is 0 Å². The van der Waals surface area contributed by atoms with Crippen molar-refractivity contribution in [1.29, 1.82) is 0 Å². The molecule has 0 aromatic heterocycles. The van der Waals surface area contributed by atoms with Crippen molar-refractivity contribution in [3.8, 4) is 0 Å². The molecule has 1 aliphatic carbocycles. The second-order valence-corrected chi connectivity index (χ2v) is 5.03. The Morgan fingerprint density at radius 2 is 1.83 bits per heavy atom. The van der Waals surface area contributed by atoms with Crippen LogP contribution in [0.4, 0.5) is 5.69 Å². The molecule has 1 saturated carbocycles. The molecule has 0 atom stereocenters. The molecular weight excluding hydrogens is 224 g/mol. The first kappa shape index (κ1) is 12.9. The van der Waals surface area contributed by atoms with Gasteiger partial charge in [-0.3, -0.25) is 4.79 Å². The molecule has 1 aromatic carbocycles. The molecule has 0 unspecified atom stereocenters. The third-order valence-electron chi connectivity index (χ3n) is 3.54. The first-order valence-corrected chi connectivity index (χ1v) is 6.90. The third-order valence-corrected chi connectivity index (χ3v) is 3.54. The zero-order valence-corrected chi connectivity index (χ0v) is 10.8. The van der Waals surface area contributed by atoms with Gasteiger partial charge in [0, 0.05) is 12.2 Å². The van der Waals surface area contributed by atoms with Crippen molar-refractivity contribution >= 4 is 11.6 Å². The van der Waals surface area contributed by atoms with Gasteiger partial charge in [-0.05, 0) is 30.9 Å². The summed E-state index contributed by atoms with van der Waals surface area (Å²) in [6, 6.07) is 9.82. The average Bonchev–Trinajstić information content (AvgIpc) is 2.45. The Balaban J connectivity index is 1.63. The summed E-state index contributed by atoms with van der Waals surface area (Å²) in [5.74, 6) is 0.781. The van der Waals surface area contributed by atoms with Gasteiger partial charge in [-0.1, -0.05) is 37.5 Å². The highest BCUT2D eigenvalue weighted by Crippen LogP contribution is 2.22. The van der Waals surface area contributed by atoms with Crippen LogP contribution in [0.3, 0.4) is 0 Å². The van der Waals surface area contributed by atoms with Crippen molar-refractivity contribution in [2.75, 3.05) is 18.4 Å². The Labute approximate surface area is 109 Å². The van der Waals surface area contributed by atoms with E-state index in [0.717, 1.165) is 12.2 Å². The molecule has 0 bridgehead atoms. The fourth-order valence-electron chi connectivity index (χ4n) is 2.45. The van der Waals surface area contributed by atoms with E-state index < -0.39 is 0 Å².